The Hall–Kier alpha value is -2.59. The Morgan fingerprint density at radius 1 is 1.26 bits per heavy atom. The Labute approximate surface area is 161 Å². The SMILES string of the molecule is C=CCCN1CCCC(c2ccc(C(=O)O)cc2)(c2cccc(OC)c2)C1. The van der Waals surface area contributed by atoms with Gasteiger partial charge in [0, 0.05) is 18.5 Å². The summed E-state index contributed by atoms with van der Waals surface area (Å²) in [5.74, 6) is -0.0505. The van der Waals surface area contributed by atoms with Crippen molar-refractivity contribution in [2.75, 3.05) is 26.7 Å². The predicted octanol–water partition coefficient (Wildman–Crippen LogP) is 4.35. The summed E-state index contributed by atoms with van der Waals surface area (Å²) in [6.07, 6.45) is 5.04. The first-order valence-electron chi connectivity index (χ1n) is 9.41. The number of ether oxygens (including phenoxy) is 1. The smallest absolute Gasteiger partial charge is 0.335 e. The van der Waals surface area contributed by atoms with Crippen LogP contribution >= 0.6 is 0 Å². The van der Waals surface area contributed by atoms with Gasteiger partial charge in [-0.25, -0.2) is 4.79 Å². The Bertz CT molecular complexity index is 800. The van der Waals surface area contributed by atoms with Gasteiger partial charge in [0.2, 0.25) is 0 Å². The highest BCUT2D eigenvalue weighted by molar-refractivity contribution is 5.87. The number of rotatable bonds is 7. The van der Waals surface area contributed by atoms with Crippen LogP contribution in [0.3, 0.4) is 0 Å². The molecule has 27 heavy (non-hydrogen) atoms. The van der Waals surface area contributed by atoms with Crippen LogP contribution < -0.4 is 4.74 Å². The van der Waals surface area contributed by atoms with Gasteiger partial charge in [0.05, 0.1) is 12.7 Å². The van der Waals surface area contributed by atoms with Crippen LogP contribution in [0.5, 0.6) is 5.75 Å². The number of likely N-dealkylation sites (tertiary alicyclic amines) is 1. The van der Waals surface area contributed by atoms with Crippen LogP contribution in [0.15, 0.2) is 61.2 Å². The molecule has 0 aromatic heterocycles. The van der Waals surface area contributed by atoms with Crippen LogP contribution in [-0.2, 0) is 5.41 Å². The number of carboxylic acid groups (broad SMARTS) is 1. The molecule has 2 aromatic rings. The summed E-state index contributed by atoms with van der Waals surface area (Å²) in [5.41, 5.74) is 2.52. The second kappa shape index (κ2) is 8.40. The average Bonchev–Trinajstić information content (AvgIpc) is 2.72. The third kappa shape index (κ3) is 4.06. The summed E-state index contributed by atoms with van der Waals surface area (Å²) in [7, 11) is 1.69. The van der Waals surface area contributed by atoms with Gasteiger partial charge in [-0.05, 0) is 61.2 Å². The van der Waals surface area contributed by atoms with Gasteiger partial charge in [0.1, 0.15) is 5.75 Å². The minimum atomic E-state index is -0.895. The van der Waals surface area contributed by atoms with Gasteiger partial charge in [0.15, 0.2) is 0 Å². The van der Waals surface area contributed by atoms with Gasteiger partial charge in [-0.2, -0.15) is 0 Å². The van der Waals surface area contributed by atoms with Gasteiger partial charge in [-0.15, -0.1) is 6.58 Å². The van der Waals surface area contributed by atoms with Crippen molar-refractivity contribution in [3.63, 3.8) is 0 Å². The number of benzene rings is 2. The minimum absolute atomic E-state index is 0.176. The number of hydrogen-bond donors (Lipinski definition) is 1. The second-order valence-corrected chi connectivity index (χ2v) is 7.15. The fourth-order valence-electron chi connectivity index (χ4n) is 4.10. The van der Waals surface area contributed by atoms with Crippen molar-refractivity contribution in [2.24, 2.45) is 0 Å². The Morgan fingerprint density at radius 2 is 2.04 bits per heavy atom. The molecule has 0 spiro atoms. The first-order valence-corrected chi connectivity index (χ1v) is 9.41. The molecule has 1 N–H and O–H groups in total. The fraction of sp³-hybridized carbons (Fsp3) is 0.348. The van der Waals surface area contributed by atoms with Crippen LogP contribution in [0, 0.1) is 0 Å². The van der Waals surface area contributed by atoms with E-state index in [0.29, 0.717) is 5.56 Å². The standard InChI is InChI=1S/C23H27NO3/c1-3-4-14-24-15-6-13-23(17-24,20-7-5-8-21(16-20)27-2)19-11-9-18(10-12-19)22(25)26/h3,5,7-12,16H,1,4,6,13-15,17H2,2H3,(H,25,26). The maximum Gasteiger partial charge on any atom is 0.335 e. The quantitative estimate of drug-likeness (QED) is 0.741. The van der Waals surface area contributed by atoms with Gasteiger partial charge < -0.3 is 14.7 Å². The molecule has 0 bridgehead atoms. The number of carboxylic acids is 1. The lowest BCUT2D eigenvalue weighted by Crippen LogP contribution is -2.47. The molecule has 1 atom stereocenters. The van der Waals surface area contributed by atoms with Gasteiger partial charge in [-0.1, -0.05) is 30.3 Å². The van der Waals surface area contributed by atoms with Crippen molar-refractivity contribution in [3.8, 4) is 5.75 Å². The van der Waals surface area contributed by atoms with Crippen molar-refractivity contribution >= 4 is 5.97 Å². The molecule has 142 valence electrons. The van der Waals surface area contributed by atoms with E-state index in [9.17, 15) is 9.90 Å². The molecule has 0 amide bonds. The van der Waals surface area contributed by atoms with E-state index in [4.69, 9.17) is 4.74 Å². The van der Waals surface area contributed by atoms with Crippen molar-refractivity contribution < 1.29 is 14.6 Å². The maximum absolute atomic E-state index is 11.3. The number of piperidine rings is 1. The lowest BCUT2D eigenvalue weighted by molar-refractivity contribution is 0.0697. The molecule has 4 nitrogen and oxygen atoms in total. The van der Waals surface area contributed by atoms with E-state index in [1.54, 1.807) is 19.2 Å². The van der Waals surface area contributed by atoms with Gasteiger partial charge >= 0.3 is 5.97 Å². The summed E-state index contributed by atoms with van der Waals surface area (Å²) < 4.78 is 5.46. The monoisotopic (exact) mass is 365 g/mol. The zero-order valence-corrected chi connectivity index (χ0v) is 15.9. The molecule has 0 saturated carbocycles. The van der Waals surface area contributed by atoms with Crippen LogP contribution in [0.2, 0.25) is 0 Å². The zero-order valence-electron chi connectivity index (χ0n) is 15.9. The predicted molar refractivity (Wildman–Crippen MR) is 108 cm³/mol. The molecule has 4 heteroatoms. The largest absolute Gasteiger partial charge is 0.497 e. The van der Waals surface area contributed by atoms with Crippen LogP contribution in [0.4, 0.5) is 0 Å². The summed E-state index contributed by atoms with van der Waals surface area (Å²) >= 11 is 0. The van der Waals surface area contributed by atoms with Gasteiger partial charge in [-0.3, -0.25) is 0 Å². The minimum Gasteiger partial charge on any atom is -0.497 e. The van der Waals surface area contributed by atoms with E-state index in [1.165, 1.54) is 5.56 Å². The molecule has 2 aromatic carbocycles. The summed E-state index contributed by atoms with van der Waals surface area (Å²) in [4.78, 5) is 13.7. The first kappa shape index (κ1) is 19.2. The summed E-state index contributed by atoms with van der Waals surface area (Å²) in [6, 6.07) is 15.6. The Kier molecular flexibility index (Phi) is 5.97. The lowest BCUT2D eigenvalue weighted by Gasteiger charge is -2.44. The van der Waals surface area contributed by atoms with Crippen molar-refractivity contribution in [3.05, 3.63) is 77.9 Å². The maximum atomic E-state index is 11.3. The molecule has 1 unspecified atom stereocenters. The zero-order chi connectivity index (χ0) is 19.3. The molecule has 1 saturated heterocycles. The van der Waals surface area contributed by atoms with E-state index in [0.717, 1.165) is 50.2 Å². The second-order valence-electron chi connectivity index (χ2n) is 7.15. The molecule has 0 radical (unpaired) electrons. The number of methoxy groups -OCH3 is 1. The van der Waals surface area contributed by atoms with Crippen molar-refractivity contribution in [1.29, 1.82) is 0 Å². The number of aromatic carboxylic acids is 1. The topological polar surface area (TPSA) is 49.8 Å². The molecular formula is C23H27NO3. The highest BCUT2D eigenvalue weighted by atomic mass is 16.5. The van der Waals surface area contributed by atoms with Crippen molar-refractivity contribution in [2.45, 2.75) is 24.7 Å². The lowest BCUT2D eigenvalue weighted by atomic mass is 9.69. The molecule has 1 aliphatic rings. The molecule has 1 fully saturated rings. The normalized spacial score (nSPS) is 20.2. The average molecular weight is 365 g/mol. The van der Waals surface area contributed by atoms with E-state index in [-0.39, 0.29) is 5.41 Å². The third-order valence-corrected chi connectivity index (χ3v) is 5.53. The Balaban J connectivity index is 2.05. The molecule has 0 aliphatic carbocycles. The molecule has 3 rings (SSSR count). The molecule has 1 aliphatic heterocycles. The third-order valence-electron chi connectivity index (χ3n) is 5.53. The van der Waals surface area contributed by atoms with E-state index < -0.39 is 5.97 Å². The number of carbonyl (C=O) groups is 1. The van der Waals surface area contributed by atoms with Crippen LogP contribution in [0.1, 0.15) is 40.7 Å². The van der Waals surface area contributed by atoms with Crippen LogP contribution in [0.25, 0.3) is 0 Å². The Morgan fingerprint density at radius 3 is 2.70 bits per heavy atom. The van der Waals surface area contributed by atoms with Gasteiger partial charge in [0.25, 0.3) is 0 Å². The van der Waals surface area contributed by atoms with E-state index >= 15 is 0 Å². The highest BCUT2D eigenvalue weighted by Crippen LogP contribution is 2.41. The molecular weight excluding hydrogens is 338 g/mol. The summed E-state index contributed by atoms with van der Waals surface area (Å²) in [5, 5.41) is 9.24. The van der Waals surface area contributed by atoms with Crippen LogP contribution in [-0.4, -0.2) is 42.7 Å². The highest BCUT2D eigenvalue weighted by Gasteiger charge is 2.38. The number of hydrogen-bond acceptors (Lipinski definition) is 3. The first-order chi connectivity index (χ1) is 13.1. The van der Waals surface area contributed by atoms with E-state index in [1.807, 2.05) is 30.3 Å². The van der Waals surface area contributed by atoms with Crippen molar-refractivity contribution in [1.82, 2.24) is 4.90 Å². The fourth-order valence-corrected chi connectivity index (χ4v) is 4.10. The number of nitrogens with zero attached hydrogens (tertiary/aromatic N) is 1. The summed E-state index contributed by atoms with van der Waals surface area (Å²) in [6.45, 7) is 6.82. The molecule has 1 heterocycles. The van der Waals surface area contributed by atoms with E-state index in [2.05, 4.69) is 23.6 Å².